The van der Waals surface area contributed by atoms with E-state index in [1.165, 1.54) is 0 Å². The van der Waals surface area contributed by atoms with Crippen molar-refractivity contribution >= 4 is 11.6 Å². The summed E-state index contributed by atoms with van der Waals surface area (Å²) in [4.78, 5) is 12.0. The summed E-state index contributed by atoms with van der Waals surface area (Å²) in [6, 6.07) is 16.0. The number of nitrogens with zero attached hydrogens (tertiary/aromatic N) is 1. The number of amides is 1. The molecule has 4 nitrogen and oxygen atoms in total. The maximum absolute atomic E-state index is 12.0. The zero-order valence-corrected chi connectivity index (χ0v) is 10.3. The Hall–Kier alpha value is -2.64. The van der Waals surface area contributed by atoms with Crippen molar-refractivity contribution in [2.75, 3.05) is 5.32 Å². The second kappa shape index (κ2) is 5.80. The molecule has 0 aromatic heterocycles. The Balaban J connectivity index is 2.18. The summed E-state index contributed by atoms with van der Waals surface area (Å²) in [5.74, 6) is -0.217. The average molecular weight is 251 g/mol. The van der Waals surface area contributed by atoms with Gasteiger partial charge in [0, 0.05) is 17.8 Å². The number of benzene rings is 2. The minimum absolute atomic E-state index is 0.217. The molecular weight excluding hydrogens is 238 g/mol. The van der Waals surface area contributed by atoms with Crippen molar-refractivity contribution in [1.82, 2.24) is 0 Å². The maximum atomic E-state index is 12.0. The van der Waals surface area contributed by atoms with E-state index in [9.17, 15) is 4.79 Å². The van der Waals surface area contributed by atoms with E-state index >= 15 is 0 Å². The molecule has 19 heavy (non-hydrogen) atoms. The lowest BCUT2D eigenvalue weighted by Gasteiger charge is -2.06. The molecule has 2 aromatic carbocycles. The van der Waals surface area contributed by atoms with Gasteiger partial charge in [-0.25, -0.2) is 0 Å². The first kappa shape index (κ1) is 12.8. The fourth-order valence-electron chi connectivity index (χ4n) is 1.71. The maximum Gasteiger partial charge on any atom is 0.255 e. The number of nitrogens with one attached hydrogen (secondary N) is 1. The lowest BCUT2D eigenvalue weighted by Crippen LogP contribution is -2.12. The van der Waals surface area contributed by atoms with Crippen LogP contribution in [-0.2, 0) is 6.54 Å². The van der Waals surface area contributed by atoms with E-state index in [1.807, 2.05) is 12.1 Å². The molecular formula is C15H13N3O. The van der Waals surface area contributed by atoms with Crippen LogP contribution >= 0.6 is 0 Å². The van der Waals surface area contributed by atoms with Gasteiger partial charge in [-0.3, -0.25) is 4.79 Å². The third kappa shape index (κ3) is 3.18. The van der Waals surface area contributed by atoms with Gasteiger partial charge >= 0.3 is 0 Å². The van der Waals surface area contributed by atoms with Crippen molar-refractivity contribution in [3.63, 3.8) is 0 Å². The van der Waals surface area contributed by atoms with Gasteiger partial charge in [-0.15, -0.1) is 0 Å². The number of rotatable bonds is 3. The van der Waals surface area contributed by atoms with Crippen molar-refractivity contribution in [3.05, 3.63) is 65.2 Å². The van der Waals surface area contributed by atoms with Crippen molar-refractivity contribution < 1.29 is 4.79 Å². The number of nitriles is 1. The molecule has 0 fully saturated rings. The van der Waals surface area contributed by atoms with Crippen LogP contribution in [0.15, 0.2) is 48.5 Å². The SMILES string of the molecule is N#Cc1cccc(NC(=O)c2cccc(CN)c2)c1. The van der Waals surface area contributed by atoms with Crippen LogP contribution < -0.4 is 11.1 Å². The third-order valence-corrected chi connectivity index (χ3v) is 2.67. The summed E-state index contributed by atoms with van der Waals surface area (Å²) in [5.41, 5.74) is 8.10. The fourth-order valence-corrected chi connectivity index (χ4v) is 1.71. The number of carbonyl (C=O) groups is 1. The molecule has 0 aliphatic heterocycles. The Kier molecular flexibility index (Phi) is 3.91. The monoisotopic (exact) mass is 251 g/mol. The molecule has 4 heteroatoms. The summed E-state index contributed by atoms with van der Waals surface area (Å²) in [7, 11) is 0. The van der Waals surface area contributed by atoms with E-state index in [0.29, 0.717) is 23.4 Å². The highest BCUT2D eigenvalue weighted by Gasteiger charge is 2.06. The number of nitrogens with two attached hydrogens (primary N) is 1. The molecule has 0 unspecified atom stereocenters. The summed E-state index contributed by atoms with van der Waals surface area (Å²) in [5, 5.41) is 11.6. The van der Waals surface area contributed by atoms with Gasteiger partial charge in [-0.2, -0.15) is 5.26 Å². The zero-order chi connectivity index (χ0) is 13.7. The van der Waals surface area contributed by atoms with Crippen LogP contribution in [0.25, 0.3) is 0 Å². The first-order chi connectivity index (χ1) is 9.22. The van der Waals surface area contributed by atoms with Crippen LogP contribution in [0.3, 0.4) is 0 Å². The average Bonchev–Trinajstić information content (AvgIpc) is 2.47. The molecule has 0 aliphatic rings. The van der Waals surface area contributed by atoms with Crippen LogP contribution in [0.2, 0.25) is 0 Å². The van der Waals surface area contributed by atoms with Crippen molar-refractivity contribution in [1.29, 1.82) is 5.26 Å². The Morgan fingerprint density at radius 3 is 2.74 bits per heavy atom. The largest absolute Gasteiger partial charge is 0.326 e. The molecule has 2 rings (SSSR count). The van der Waals surface area contributed by atoms with Gasteiger partial charge in [0.25, 0.3) is 5.91 Å². The Morgan fingerprint density at radius 2 is 2.00 bits per heavy atom. The fraction of sp³-hybridized carbons (Fsp3) is 0.0667. The van der Waals surface area contributed by atoms with E-state index in [0.717, 1.165) is 5.56 Å². The number of hydrogen-bond donors (Lipinski definition) is 2. The van der Waals surface area contributed by atoms with Crippen molar-refractivity contribution in [2.24, 2.45) is 5.73 Å². The molecule has 2 aromatic rings. The molecule has 0 saturated heterocycles. The molecule has 0 atom stereocenters. The highest BCUT2D eigenvalue weighted by atomic mass is 16.1. The van der Waals surface area contributed by atoms with E-state index < -0.39 is 0 Å². The lowest BCUT2D eigenvalue weighted by molar-refractivity contribution is 0.102. The van der Waals surface area contributed by atoms with E-state index in [1.54, 1.807) is 42.5 Å². The van der Waals surface area contributed by atoms with E-state index in [-0.39, 0.29) is 5.91 Å². The summed E-state index contributed by atoms with van der Waals surface area (Å²) in [6.45, 7) is 0.394. The van der Waals surface area contributed by atoms with E-state index in [2.05, 4.69) is 5.32 Å². The van der Waals surface area contributed by atoms with Crippen LogP contribution in [0.1, 0.15) is 21.5 Å². The topological polar surface area (TPSA) is 78.9 Å². The summed E-state index contributed by atoms with van der Waals surface area (Å²) >= 11 is 0. The normalized spacial score (nSPS) is 9.68. The van der Waals surface area contributed by atoms with Gasteiger partial charge in [0.2, 0.25) is 0 Å². The standard InChI is InChI=1S/C15H13N3O/c16-9-11-3-1-5-13(7-11)15(19)18-14-6-2-4-12(8-14)10-17/h1-8H,9,16H2,(H,18,19). The van der Waals surface area contributed by atoms with Gasteiger partial charge < -0.3 is 11.1 Å². The van der Waals surface area contributed by atoms with Crippen LogP contribution in [0.4, 0.5) is 5.69 Å². The Morgan fingerprint density at radius 1 is 1.21 bits per heavy atom. The van der Waals surface area contributed by atoms with E-state index in [4.69, 9.17) is 11.0 Å². The van der Waals surface area contributed by atoms with Crippen LogP contribution in [0, 0.1) is 11.3 Å². The molecule has 0 aliphatic carbocycles. The van der Waals surface area contributed by atoms with Crippen LogP contribution in [-0.4, -0.2) is 5.91 Å². The number of carbonyl (C=O) groups excluding carboxylic acids is 1. The minimum atomic E-state index is -0.217. The predicted molar refractivity (Wildman–Crippen MR) is 73.4 cm³/mol. The number of anilines is 1. The highest BCUT2D eigenvalue weighted by Crippen LogP contribution is 2.12. The molecule has 1 amide bonds. The van der Waals surface area contributed by atoms with Crippen molar-refractivity contribution in [2.45, 2.75) is 6.54 Å². The molecule has 3 N–H and O–H groups in total. The van der Waals surface area contributed by atoms with Gasteiger partial charge in [0.15, 0.2) is 0 Å². The second-order valence-electron chi connectivity index (χ2n) is 4.05. The van der Waals surface area contributed by atoms with Gasteiger partial charge in [-0.1, -0.05) is 18.2 Å². The summed E-state index contributed by atoms with van der Waals surface area (Å²) in [6.07, 6.45) is 0. The summed E-state index contributed by atoms with van der Waals surface area (Å²) < 4.78 is 0. The molecule has 0 bridgehead atoms. The van der Waals surface area contributed by atoms with Crippen molar-refractivity contribution in [3.8, 4) is 6.07 Å². The molecule has 0 spiro atoms. The first-order valence-corrected chi connectivity index (χ1v) is 5.83. The zero-order valence-electron chi connectivity index (χ0n) is 10.3. The Bertz CT molecular complexity index is 644. The van der Waals surface area contributed by atoms with Gasteiger partial charge in [0.1, 0.15) is 0 Å². The highest BCUT2D eigenvalue weighted by molar-refractivity contribution is 6.04. The molecule has 0 heterocycles. The lowest BCUT2D eigenvalue weighted by atomic mass is 10.1. The molecule has 0 saturated carbocycles. The molecule has 0 radical (unpaired) electrons. The van der Waals surface area contributed by atoms with Gasteiger partial charge in [-0.05, 0) is 35.9 Å². The minimum Gasteiger partial charge on any atom is -0.326 e. The Labute approximate surface area is 111 Å². The third-order valence-electron chi connectivity index (χ3n) is 2.67. The smallest absolute Gasteiger partial charge is 0.255 e. The second-order valence-corrected chi connectivity index (χ2v) is 4.05. The predicted octanol–water partition coefficient (Wildman–Crippen LogP) is 2.27. The molecule has 94 valence electrons. The van der Waals surface area contributed by atoms with Gasteiger partial charge in [0.05, 0.1) is 11.6 Å². The first-order valence-electron chi connectivity index (χ1n) is 5.83. The van der Waals surface area contributed by atoms with Crippen LogP contribution in [0.5, 0.6) is 0 Å². The number of hydrogen-bond acceptors (Lipinski definition) is 3. The quantitative estimate of drug-likeness (QED) is 0.878.